The summed E-state index contributed by atoms with van der Waals surface area (Å²) in [5, 5.41) is 16.0. The Morgan fingerprint density at radius 1 is 0.656 bits per heavy atom. The lowest BCUT2D eigenvalue weighted by atomic mass is 9.85. The van der Waals surface area contributed by atoms with Crippen LogP contribution in [0.25, 0.3) is 20.9 Å². The maximum absolute atomic E-state index is 11.8. The van der Waals surface area contributed by atoms with E-state index in [1.54, 1.807) is 22.7 Å². The van der Waals surface area contributed by atoms with Gasteiger partial charge >= 0.3 is 0 Å². The average molecular weight is 459 g/mol. The summed E-state index contributed by atoms with van der Waals surface area (Å²) in [7, 11) is 0. The van der Waals surface area contributed by atoms with Crippen LogP contribution < -0.4 is 0 Å². The van der Waals surface area contributed by atoms with Crippen molar-refractivity contribution in [3.63, 3.8) is 0 Å². The molecule has 0 unspecified atom stereocenters. The van der Waals surface area contributed by atoms with Crippen molar-refractivity contribution in [1.82, 2.24) is 0 Å². The van der Waals surface area contributed by atoms with Crippen LogP contribution >= 0.6 is 22.7 Å². The third-order valence-corrected chi connectivity index (χ3v) is 8.72. The molecule has 0 saturated carbocycles. The van der Waals surface area contributed by atoms with E-state index >= 15 is 0 Å². The normalized spacial score (nSPS) is 13.8. The molecule has 2 aromatic heterocycles. The van der Waals surface area contributed by atoms with Crippen LogP contribution in [0.5, 0.6) is 0 Å². The smallest absolute Gasteiger partial charge is 0.143 e. The number of hydrogen-bond acceptors (Lipinski definition) is 3. The predicted octanol–water partition coefficient (Wildman–Crippen LogP) is 8.64. The molecule has 164 valence electrons. The van der Waals surface area contributed by atoms with Crippen LogP contribution in [0.2, 0.25) is 0 Å². The molecular formula is C29H30OS2. The molecule has 0 saturated heterocycles. The Bertz CT molecular complexity index is 1120. The molecule has 1 aliphatic rings. The van der Waals surface area contributed by atoms with E-state index in [2.05, 4.69) is 78.3 Å². The monoisotopic (exact) mass is 458 g/mol. The van der Waals surface area contributed by atoms with E-state index in [1.807, 2.05) is 0 Å². The Balaban J connectivity index is 1.29. The second kappa shape index (κ2) is 9.35. The molecule has 3 heteroatoms. The van der Waals surface area contributed by atoms with Gasteiger partial charge < -0.3 is 5.11 Å². The highest BCUT2D eigenvalue weighted by Crippen LogP contribution is 2.55. The topological polar surface area (TPSA) is 20.2 Å². The van der Waals surface area contributed by atoms with Gasteiger partial charge in [-0.3, -0.25) is 0 Å². The first kappa shape index (κ1) is 21.6. The lowest BCUT2D eigenvalue weighted by molar-refractivity contribution is 0.131. The molecule has 2 heterocycles. The SMILES string of the molecule is CCCCCCCCc1ccc(-c2ccc(C3(O)c4ccsc4-c4sccc43)cc2)cc1. The van der Waals surface area contributed by atoms with Gasteiger partial charge in [-0.05, 0) is 58.0 Å². The van der Waals surface area contributed by atoms with Crippen molar-refractivity contribution in [2.45, 2.75) is 57.5 Å². The quantitative estimate of drug-likeness (QED) is 0.249. The highest BCUT2D eigenvalue weighted by atomic mass is 32.1. The number of fused-ring (bicyclic) bond motifs is 3. The second-order valence-corrected chi connectivity index (χ2v) is 10.7. The number of hydrogen-bond donors (Lipinski definition) is 1. The maximum atomic E-state index is 11.8. The molecule has 32 heavy (non-hydrogen) atoms. The molecule has 1 aliphatic carbocycles. The minimum absolute atomic E-state index is 0.942. The zero-order chi connectivity index (χ0) is 22.0. The van der Waals surface area contributed by atoms with E-state index in [-0.39, 0.29) is 0 Å². The fourth-order valence-electron chi connectivity index (χ4n) is 4.87. The van der Waals surface area contributed by atoms with Crippen molar-refractivity contribution < 1.29 is 5.11 Å². The number of rotatable bonds is 9. The van der Waals surface area contributed by atoms with Crippen molar-refractivity contribution in [1.29, 1.82) is 0 Å². The Kier molecular flexibility index (Phi) is 6.32. The predicted molar refractivity (Wildman–Crippen MR) is 139 cm³/mol. The first-order chi connectivity index (χ1) is 15.7. The van der Waals surface area contributed by atoms with Crippen molar-refractivity contribution in [2.75, 3.05) is 0 Å². The van der Waals surface area contributed by atoms with E-state index < -0.39 is 5.60 Å². The number of aryl methyl sites for hydroxylation is 1. The molecule has 0 radical (unpaired) electrons. The van der Waals surface area contributed by atoms with Gasteiger partial charge in [0.2, 0.25) is 0 Å². The van der Waals surface area contributed by atoms with E-state index in [9.17, 15) is 5.11 Å². The summed E-state index contributed by atoms with van der Waals surface area (Å²) in [6.45, 7) is 2.27. The molecule has 0 spiro atoms. The molecular weight excluding hydrogens is 428 g/mol. The summed E-state index contributed by atoms with van der Waals surface area (Å²) in [6.07, 6.45) is 9.21. The highest BCUT2D eigenvalue weighted by Gasteiger charge is 2.44. The summed E-state index contributed by atoms with van der Waals surface area (Å²) in [6, 6.07) is 21.6. The maximum Gasteiger partial charge on any atom is 0.143 e. The van der Waals surface area contributed by atoms with Gasteiger partial charge in [-0.2, -0.15) is 0 Å². The van der Waals surface area contributed by atoms with E-state index in [1.165, 1.54) is 71.4 Å². The Morgan fingerprint density at radius 3 is 1.78 bits per heavy atom. The highest BCUT2D eigenvalue weighted by molar-refractivity contribution is 7.21. The lowest BCUT2D eigenvalue weighted by Gasteiger charge is -2.25. The molecule has 0 atom stereocenters. The molecule has 1 nitrogen and oxygen atoms in total. The summed E-state index contributed by atoms with van der Waals surface area (Å²) in [5.74, 6) is 0. The van der Waals surface area contributed by atoms with Gasteiger partial charge in [-0.1, -0.05) is 87.6 Å². The fourth-order valence-corrected chi connectivity index (χ4v) is 6.96. The van der Waals surface area contributed by atoms with E-state index in [0.717, 1.165) is 16.7 Å². The van der Waals surface area contributed by atoms with Gasteiger partial charge in [0.25, 0.3) is 0 Å². The molecule has 0 fully saturated rings. The molecule has 0 amide bonds. The number of aliphatic hydroxyl groups is 1. The minimum Gasteiger partial charge on any atom is -0.376 e. The van der Waals surface area contributed by atoms with Gasteiger partial charge in [-0.25, -0.2) is 0 Å². The number of unbranched alkanes of at least 4 members (excludes halogenated alkanes) is 5. The molecule has 0 bridgehead atoms. The molecule has 0 aliphatic heterocycles. The summed E-state index contributed by atoms with van der Waals surface area (Å²) < 4.78 is 0. The number of thiophene rings is 2. The third-order valence-electron chi connectivity index (χ3n) is 6.73. The summed E-state index contributed by atoms with van der Waals surface area (Å²) in [4.78, 5) is 2.42. The van der Waals surface area contributed by atoms with Crippen molar-refractivity contribution in [2.24, 2.45) is 0 Å². The van der Waals surface area contributed by atoms with Gasteiger partial charge in [0.1, 0.15) is 5.60 Å². The fraction of sp³-hybridized carbons (Fsp3) is 0.310. The lowest BCUT2D eigenvalue weighted by Crippen LogP contribution is -2.25. The van der Waals surface area contributed by atoms with Crippen molar-refractivity contribution in [3.05, 3.63) is 93.7 Å². The third kappa shape index (κ3) is 3.87. The largest absolute Gasteiger partial charge is 0.376 e. The van der Waals surface area contributed by atoms with Crippen molar-refractivity contribution in [3.8, 4) is 20.9 Å². The van der Waals surface area contributed by atoms with Gasteiger partial charge in [0, 0.05) is 11.1 Å². The molecule has 5 rings (SSSR count). The van der Waals surface area contributed by atoms with Gasteiger partial charge in [0.15, 0.2) is 0 Å². The van der Waals surface area contributed by atoms with Crippen LogP contribution in [0.1, 0.15) is 67.7 Å². The van der Waals surface area contributed by atoms with Gasteiger partial charge in [0.05, 0.1) is 9.75 Å². The Morgan fingerprint density at radius 2 is 1.19 bits per heavy atom. The standard InChI is InChI=1S/C29H30OS2/c1-2-3-4-5-6-7-8-21-9-11-22(12-10-21)23-13-15-24(16-14-23)29(30)25-17-19-31-27(25)28-26(29)18-20-32-28/h9-20,30H,2-8H2,1H3. The zero-order valence-electron chi connectivity index (χ0n) is 18.6. The minimum atomic E-state index is -1.04. The summed E-state index contributed by atoms with van der Waals surface area (Å²) >= 11 is 3.44. The van der Waals surface area contributed by atoms with Crippen LogP contribution in [0, 0.1) is 0 Å². The second-order valence-electron chi connectivity index (χ2n) is 8.83. The summed E-state index contributed by atoms with van der Waals surface area (Å²) in [5.41, 5.74) is 5.80. The Labute approximate surface area is 199 Å². The van der Waals surface area contributed by atoms with Crippen molar-refractivity contribution >= 4 is 22.7 Å². The average Bonchev–Trinajstić information content (AvgIpc) is 3.55. The van der Waals surface area contributed by atoms with E-state index in [0.29, 0.717) is 0 Å². The van der Waals surface area contributed by atoms with Gasteiger partial charge in [-0.15, -0.1) is 22.7 Å². The molecule has 4 aromatic rings. The first-order valence-corrected chi connectivity index (χ1v) is 13.6. The van der Waals surface area contributed by atoms with Crippen LogP contribution in [0.3, 0.4) is 0 Å². The van der Waals surface area contributed by atoms with Crippen LogP contribution in [-0.2, 0) is 12.0 Å². The van der Waals surface area contributed by atoms with Crippen LogP contribution in [-0.4, -0.2) is 5.11 Å². The molecule has 1 N–H and O–H groups in total. The Hall–Kier alpha value is -2.20. The first-order valence-electron chi connectivity index (χ1n) is 11.8. The zero-order valence-corrected chi connectivity index (χ0v) is 20.3. The van der Waals surface area contributed by atoms with E-state index in [4.69, 9.17) is 0 Å². The molecule has 2 aromatic carbocycles. The number of benzene rings is 2. The van der Waals surface area contributed by atoms with Crippen LogP contribution in [0.4, 0.5) is 0 Å². The van der Waals surface area contributed by atoms with Crippen LogP contribution in [0.15, 0.2) is 71.4 Å².